The second kappa shape index (κ2) is 11.6. The zero-order valence-electron chi connectivity index (χ0n) is 19.7. The van der Waals surface area contributed by atoms with E-state index in [1.165, 1.54) is 0 Å². The fourth-order valence-electron chi connectivity index (χ4n) is 4.92. The average molecular weight is 466 g/mol. The summed E-state index contributed by atoms with van der Waals surface area (Å²) in [6.07, 6.45) is 4.11. The molecule has 34 heavy (non-hydrogen) atoms. The van der Waals surface area contributed by atoms with Crippen LogP contribution in [-0.4, -0.2) is 66.7 Å². The van der Waals surface area contributed by atoms with Crippen molar-refractivity contribution < 1.29 is 19.4 Å². The van der Waals surface area contributed by atoms with E-state index in [4.69, 9.17) is 4.74 Å². The molecule has 1 heterocycles. The number of carbonyl (C=O) groups excluding carboxylic acids is 2. The van der Waals surface area contributed by atoms with Crippen molar-refractivity contribution in [3.8, 4) is 0 Å². The summed E-state index contributed by atoms with van der Waals surface area (Å²) in [6.45, 7) is 4.53. The average Bonchev–Trinajstić information content (AvgIpc) is 2.89. The lowest BCUT2D eigenvalue weighted by molar-refractivity contribution is 0.0342. The van der Waals surface area contributed by atoms with E-state index in [0.29, 0.717) is 36.2 Å². The molecule has 182 valence electrons. The number of benzene rings is 2. The van der Waals surface area contributed by atoms with Crippen LogP contribution >= 0.6 is 0 Å². The maximum absolute atomic E-state index is 13.8. The maximum atomic E-state index is 13.8. The van der Waals surface area contributed by atoms with Crippen molar-refractivity contribution in [1.29, 1.82) is 0 Å². The number of ketones is 1. The highest BCUT2D eigenvalue weighted by atomic mass is 16.5. The number of Topliss-reactive ketones (excluding diaryl/α,β-unsaturated/α-hetero) is 1. The quantitative estimate of drug-likeness (QED) is 0.493. The maximum Gasteiger partial charge on any atom is 0.252 e. The second-order valence-corrected chi connectivity index (χ2v) is 9.21. The number of ether oxygens (including phenoxy) is 1. The predicted octanol–water partition coefficient (Wildman–Crippen LogP) is 3.24. The van der Waals surface area contributed by atoms with E-state index in [9.17, 15) is 14.7 Å². The van der Waals surface area contributed by atoms with E-state index in [1.807, 2.05) is 42.5 Å². The van der Waals surface area contributed by atoms with Gasteiger partial charge in [-0.2, -0.15) is 0 Å². The highest BCUT2D eigenvalue weighted by Crippen LogP contribution is 2.33. The largest absolute Gasteiger partial charge is 0.395 e. The smallest absolute Gasteiger partial charge is 0.252 e. The molecule has 7 heteroatoms. The van der Waals surface area contributed by atoms with Gasteiger partial charge in [0.05, 0.1) is 19.8 Å². The van der Waals surface area contributed by atoms with Crippen LogP contribution in [0.25, 0.3) is 0 Å². The fraction of sp³-hybridized carbons (Fsp3) is 0.481. The fourth-order valence-corrected chi connectivity index (χ4v) is 4.92. The van der Waals surface area contributed by atoms with Crippen molar-refractivity contribution in [2.75, 3.05) is 44.8 Å². The third-order valence-electron chi connectivity index (χ3n) is 6.82. The monoisotopic (exact) mass is 465 g/mol. The number of aliphatic hydroxyl groups excluding tert-OH is 1. The number of para-hydroxylation sites is 1. The summed E-state index contributed by atoms with van der Waals surface area (Å²) < 4.78 is 5.41. The first-order chi connectivity index (χ1) is 16.6. The van der Waals surface area contributed by atoms with Crippen LogP contribution in [0.2, 0.25) is 0 Å². The topological polar surface area (TPSA) is 90.9 Å². The molecule has 1 saturated carbocycles. The van der Waals surface area contributed by atoms with Gasteiger partial charge in [0.15, 0.2) is 5.78 Å². The van der Waals surface area contributed by atoms with Gasteiger partial charge in [-0.15, -0.1) is 0 Å². The Kier molecular flexibility index (Phi) is 8.32. The molecule has 1 aliphatic heterocycles. The Morgan fingerprint density at radius 3 is 2.38 bits per heavy atom. The molecule has 0 atom stereocenters. The van der Waals surface area contributed by atoms with Crippen LogP contribution < -0.4 is 10.6 Å². The summed E-state index contributed by atoms with van der Waals surface area (Å²) in [6, 6.07) is 15.0. The minimum Gasteiger partial charge on any atom is -0.395 e. The highest BCUT2D eigenvalue weighted by molar-refractivity contribution is 6.10. The van der Waals surface area contributed by atoms with Gasteiger partial charge in [0.2, 0.25) is 0 Å². The predicted molar refractivity (Wildman–Crippen MR) is 132 cm³/mol. The van der Waals surface area contributed by atoms with Crippen molar-refractivity contribution in [3.63, 3.8) is 0 Å². The lowest BCUT2D eigenvalue weighted by Crippen LogP contribution is -2.55. The van der Waals surface area contributed by atoms with Gasteiger partial charge in [-0.3, -0.25) is 14.5 Å². The number of carbonyl (C=O) groups is 2. The van der Waals surface area contributed by atoms with Gasteiger partial charge in [-0.25, -0.2) is 0 Å². The summed E-state index contributed by atoms with van der Waals surface area (Å²) in [5, 5.41) is 15.5. The number of anilines is 1. The summed E-state index contributed by atoms with van der Waals surface area (Å²) >= 11 is 0. The Morgan fingerprint density at radius 1 is 0.971 bits per heavy atom. The van der Waals surface area contributed by atoms with E-state index in [-0.39, 0.29) is 18.3 Å². The summed E-state index contributed by atoms with van der Waals surface area (Å²) in [5.74, 6) is -0.278. The third kappa shape index (κ3) is 5.84. The van der Waals surface area contributed by atoms with E-state index >= 15 is 0 Å². The molecule has 1 amide bonds. The lowest BCUT2D eigenvalue weighted by Gasteiger charge is -2.37. The van der Waals surface area contributed by atoms with Crippen LogP contribution in [-0.2, 0) is 11.3 Å². The van der Waals surface area contributed by atoms with Crippen LogP contribution in [0.5, 0.6) is 0 Å². The molecule has 0 bridgehead atoms. The molecule has 2 aliphatic rings. The molecule has 2 aromatic carbocycles. The van der Waals surface area contributed by atoms with E-state index < -0.39 is 5.54 Å². The van der Waals surface area contributed by atoms with Gasteiger partial charge < -0.3 is 20.5 Å². The van der Waals surface area contributed by atoms with E-state index in [1.54, 1.807) is 6.07 Å². The normalized spacial score (nSPS) is 18.3. The minimum absolute atomic E-state index is 0.0219. The first-order valence-corrected chi connectivity index (χ1v) is 12.3. The first kappa shape index (κ1) is 24.4. The number of amides is 1. The van der Waals surface area contributed by atoms with E-state index in [0.717, 1.165) is 57.7 Å². The van der Waals surface area contributed by atoms with Crippen LogP contribution in [0.1, 0.15) is 58.4 Å². The first-order valence-electron chi connectivity index (χ1n) is 12.3. The van der Waals surface area contributed by atoms with Crippen molar-refractivity contribution in [3.05, 3.63) is 65.2 Å². The number of rotatable bonds is 9. The molecule has 0 spiro atoms. The molecule has 2 aromatic rings. The SMILES string of the molecule is O=C(NC1(C(=O)c2ccccc2NCCO)CCCCC1)c1ccc(CN2CCOCC2)cc1. The van der Waals surface area contributed by atoms with Crippen molar-refractivity contribution in [2.45, 2.75) is 44.2 Å². The zero-order chi connectivity index (χ0) is 23.8. The molecular formula is C27H35N3O4. The second-order valence-electron chi connectivity index (χ2n) is 9.21. The van der Waals surface area contributed by atoms with Crippen LogP contribution in [0.4, 0.5) is 5.69 Å². The molecule has 0 radical (unpaired) electrons. The van der Waals surface area contributed by atoms with Gasteiger partial charge in [0.1, 0.15) is 5.54 Å². The molecule has 7 nitrogen and oxygen atoms in total. The summed E-state index contributed by atoms with van der Waals surface area (Å²) in [4.78, 5) is 29.4. The van der Waals surface area contributed by atoms with Gasteiger partial charge in [-0.1, -0.05) is 43.5 Å². The van der Waals surface area contributed by atoms with Crippen LogP contribution in [0.3, 0.4) is 0 Å². The Morgan fingerprint density at radius 2 is 1.68 bits per heavy atom. The number of nitrogens with one attached hydrogen (secondary N) is 2. The molecule has 0 unspecified atom stereocenters. The number of morpholine rings is 1. The van der Waals surface area contributed by atoms with Crippen molar-refractivity contribution in [1.82, 2.24) is 10.2 Å². The molecule has 0 aromatic heterocycles. The van der Waals surface area contributed by atoms with Gasteiger partial charge in [0, 0.05) is 43.0 Å². The molecular weight excluding hydrogens is 430 g/mol. The standard InChI is InChI=1S/C27H35N3O4/c31-17-14-28-24-7-3-2-6-23(24)25(32)27(12-4-1-5-13-27)29-26(33)22-10-8-21(9-11-22)20-30-15-18-34-19-16-30/h2-3,6-11,28,31H,1,4-5,12-20H2,(H,29,33). The number of hydrogen-bond acceptors (Lipinski definition) is 6. The Balaban J connectivity index is 1.50. The lowest BCUT2D eigenvalue weighted by atomic mass is 9.76. The Bertz CT molecular complexity index is 964. The van der Waals surface area contributed by atoms with Crippen molar-refractivity contribution in [2.24, 2.45) is 0 Å². The van der Waals surface area contributed by atoms with Gasteiger partial charge in [0.25, 0.3) is 5.91 Å². The van der Waals surface area contributed by atoms with Crippen LogP contribution in [0, 0.1) is 0 Å². The zero-order valence-corrected chi connectivity index (χ0v) is 19.7. The van der Waals surface area contributed by atoms with E-state index in [2.05, 4.69) is 15.5 Å². The Hall–Kier alpha value is -2.74. The molecule has 2 fully saturated rings. The molecule has 1 saturated heterocycles. The highest BCUT2D eigenvalue weighted by Gasteiger charge is 2.42. The molecule has 1 aliphatic carbocycles. The van der Waals surface area contributed by atoms with Crippen molar-refractivity contribution >= 4 is 17.4 Å². The minimum atomic E-state index is -0.918. The third-order valence-corrected chi connectivity index (χ3v) is 6.82. The summed E-state index contributed by atoms with van der Waals surface area (Å²) in [5.41, 5.74) is 2.05. The van der Waals surface area contributed by atoms with Crippen LogP contribution in [0.15, 0.2) is 48.5 Å². The van der Waals surface area contributed by atoms with Gasteiger partial charge >= 0.3 is 0 Å². The molecule has 4 rings (SSSR count). The van der Waals surface area contributed by atoms with Gasteiger partial charge in [-0.05, 0) is 42.7 Å². The number of aliphatic hydroxyl groups is 1. The summed E-state index contributed by atoms with van der Waals surface area (Å²) in [7, 11) is 0. The number of hydrogen-bond donors (Lipinski definition) is 3. The molecule has 3 N–H and O–H groups in total. The Labute approximate surface area is 201 Å². The number of nitrogens with zero attached hydrogens (tertiary/aromatic N) is 1.